The van der Waals surface area contributed by atoms with Gasteiger partial charge in [-0.2, -0.15) is 11.8 Å². The van der Waals surface area contributed by atoms with Crippen molar-refractivity contribution in [3.63, 3.8) is 0 Å². The Bertz CT molecular complexity index is 612. The number of hydrogen-bond acceptors (Lipinski definition) is 4. The highest BCUT2D eigenvalue weighted by molar-refractivity contribution is 7.99. The van der Waals surface area contributed by atoms with Crippen molar-refractivity contribution < 1.29 is 5.11 Å². The Labute approximate surface area is 136 Å². The van der Waals surface area contributed by atoms with E-state index in [0.29, 0.717) is 5.75 Å². The van der Waals surface area contributed by atoms with Crippen molar-refractivity contribution in [1.29, 1.82) is 0 Å². The van der Waals surface area contributed by atoms with E-state index in [1.54, 1.807) is 12.1 Å². The number of anilines is 1. The molecule has 0 aliphatic carbocycles. The molecule has 0 radical (unpaired) electrons. The number of phenolic OH excluding ortho intramolecular Hbond substituents is 1. The maximum absolute atomic E-state index is 9.50. The van der Waals surface area contributed by atoms with Crippen LogP contribution >= 0.6 is 11.8 Å². The predicted octanol–water partition coefficient (Wildman–Crippen LogP) is 3.55. The first-order valence-electron chi connectivity index (χ1n) is 7.70. The molecule has 0 aromatic heterocycles. The molecule has 2 N–H and O–H groups in total. The third-order valence-corrected chi connectivity index (χ3v) is 4.79. The van der Waals surface area contributed by atoms with Crippen molar-refractivity contribution in [1.82, 2.24) is 4.90 Å². The van der Waals surface area contributed by atoms with Gasteiger partial charge in [0.1, 0.15) is 5.75 Å². The van der Waals surface area contributed by atoms with Crippen molar-refractivity contribution in [2.75, 3.05) is 29.9 Å². The van der Waals surface area contributed by atoms with Crippen LogP contribution in [0.25, 0.3) is 0 Å². The number of hydrogen-bond donors (Lipinski definition) is 2. The molecule has 0 atom stereocenters. The zero-order valence-electron chi connectivity index (χ0n) is 12.7. The average molecular weight is 314 g/mol. The van der Waals surface area contributed by atoms with Gasteiger partial charge >= 0.3 is 0 Å². The fourth-order valence-corrected chi connectivity index (χ4v) is 3.65. The molecule has 1 fully saturated rings. The van der Waals surface area contributed by atoms with Crippen LogP contribution in [0.1, 0.15) is 11.1 Å². The lowest BCUT2D eigenvalue weighted by Crippen LogP contribution is -2.31. The highest BCUT2D eigenvalue weighted by atomic mass is 32.2. The molecule has 0 unspecified atom stereocenters. The Morgan fingerprint density at radius 2 is 1.77 bits per heavy atom. The first-order valence-corrected chi connectivity index (χ1v) is 8.86. The Hall–Kier alpha value is -1.65. The molecular weight excluding hydrogens is 292 g/mol. The molecule has 3 rings (SSSR count). The number of nitrogens with one attached hydrogen (secondary N) is 1. The number of aromatic hydroxyl groups is 1. The van der Waals surface area contributed by atoms with Gasteiger partial charge in [0.25, 0.3) is 0 Å². The van der Waals surface area contributed by atoms with Crippen LogP contribution in [0, 0.1) is 0 Å². The highest BCUT2D eigenvalue weighted by Crippen LogP contribution is 2.17. The molecule has 1 heterocycles. The normalized spacial score (nSPS) is 15.6. The second kappa shape index (κ2) is 7.56. The van der Waals surface area contributed by atoms with Crippen LogP contribution in [0.15, 0.2) is 48.5 Å². The van der Waals surface area contributed by atoms with E-state index in [0.717, 1.165) is 24.3 Å². The van der Waals surface area contributed by atoms with Crippen molar-refractivity contribution >= 4 is 17.4 Å². The van der Waals surface area contributed by atoms with Gasteiger partial charge in [0.2, 0.25) is 0 Å². The maximum atomic E-state index is 9.50. The molecule has 2 aromatic carbocycles. The maximum Gasteiger partial charge on any atom is 0.115 e. The van der Waals surface area contributed by atoms with Crippen molar-refractivity contribution in [2.24, 2.45) is 0 Å². The van der Waals surface area contributed by atoms with Gasteiger partial charge in [-0.1, -0.05) is 24.3 Å². The van der Waals surface area contributed by atoms with Crippen LogP contribution in [0.3, 0.4) is 0 Å². The first-order chi connectivity index (χ1) is 10.8. The van der Waals surface area contributed by atoms with E-state index in [2.05, 4.69) is 34.5 Å². The van der Waals surface area contributed by atoms with E-state index < -0.39 is 0 Å². The van der Waals surface area contributed by atoms with E-state index in [1.165, 1.54) is 30.2 Å². The fraction of sp³-hybridized carbons (Fsp3) is 0.333. The highest BCUT2D eigenvalue weighted by Gasteiger charge is 2.10. The van der Waals surface area contributed by atoms with Crippen LogP contribution in [0.4, 0.5) is 5.69 Å². The molecular formula is C18H22N2OS. The van der Waals surface area contributed by atoms with Crippen LogP contribution in [-0.4, -0.2) is 34.6 Å². The summed E-state index contributed by atoms with van der Waals surface area (Å²) in [6.07, 6.45) is 0. The molecule has 116 valence electrons. The lowest BCUT2D eigenvalue weighted by atomic mass is 10.1. The summed E-state index contributed by atoms with van der Waals surface area (Å²) in [4.78, 5) is 2.52. The number of nitrogens with zero attached hydrogens (tertiary/aromatic N) is 1. The molecule has 0 spiro atoms. The van der Waals surface area contributed by atoms with Crippen LogP contribution in [0.5, 0.6) is 5.75 Å². The Morgan fingerprint density at radius 1 is 1.00 bits per heavy atom. The molecule has 1 aliphatic rings. The van der Waals surface area contributed by atoms with Gasteiger partial charge in [-0.3, -0.25) is 4.90 Å². The molecule has 4 heteroatoms. The van der Waals surface area contributed by atoms with Crippen molar-refractivity contribution in [3.8, 4) is 5.75 Å². The van der Waals surface area contributed by atoms with E-state index in [1.807, 2.05) is 23.9 Å². The van der Waals surface area contributed by atoms with Gasteiger partial charge in [-0.15, -0.1) is 0 Å². The van der Waals surface area contributed by atoms with Gasteiger partial charge in [-0.05, 0) is 35.4 Å². The second-order valence-corrected chi connectivity index (χ2v) is 6.84. The predicted molar refractivity (Wildman–Crippen MR) is 94.5 cm³/mol. The zero-order valence-corrected chi connectivity index (χ0v) is 13.5. The third kappa shape index (κ3) is 4.42. The molecule has 0 bridgehead atoms. The van der Waals surface area contributed by atoms with E-state index in [-0.39, 0.29) is 0 Å². The second-order valence-electron chi connectivity index (χ2n) is 5.61. The average Bonchev–Trinajstić information content (AvgIpc) is 2.54. The summed E-state index contributed by atoms with van der Waals surface area (Å²) in [7, 11) is 0. The minimum Gasteiger partial charge on any atom is -0.508 e. The van der Waals surface area contributed by atoms with Crippen LogP contribution < -0.4 is 5.32 Å². The van der Waals surface area contributed by atoms with Crippen LogP contribution in [-0.2, 0) is 13.1 Å². The number of thioether (sulfide) groups is 1. The Morgan fingerprint density at radius 3 is 2.59 bits per heavy atom. The molecule has 22 heavy (non-hydrogen) atoms. The quantitative estimate of drug-likeness (QED) is 0.885. The summed E-state index contributed by atoms with van der Waals surface area (Å²) in [5.74, 6) is 2.81. The summed E-state index contributed by atoms with van der Waals surface area (Å²) < 4.78 is 0. The summed E-state index contributed by atoms with van der Waals surface area (Å²) >= 11 is 2.04. The first kappa shape index (κ1) is 15.3. The lowest BCUT2D eigenvalue weighted by Gasteiger charge is -2.26. The third-order valence-electron chi connectivity index (χ3n) is 3.84. The largest absolute Gasteiger partial charge is 0.508 e. The monoisotopic (exact) mass is 314 g/mol. The molecule has 1 saturated heterocycles. The fourth-order valence-electron chi connectivity index (χ4n) is 2.67. The van der Waals surface area contributed by atoms with E-state index in [9.17, 15) is 5.11 Å². The summed E-state index contributed by atoms with van der Waals surface area (Å²) in [5.41, 5.74) is 3.57. The minimum atomic E-state index is 0.316. The Balaban J connectivity index is 1.58. The summed E-state index contributed by atoms with van der Waals surface area (Å²) in [6, 6.07) is 16.0. The smallest absolute Gasteiger partial charge is 0.115 e. The molecule has 1 aliphatic heterocycles. The SMILES string of the molecule is Oc1cccc(CNc2cccc(CN3CCSCC3)c2)c1. The van der Waals surface area contributed by atoms with E-state index >= 15 is 0 Å². The van der Waals surface area contributed by atoms with Gasteiger partial charge < -0.3 is 10.4 Å². The van der Waals surface area contributed by atoms with Gasteiger partial charge in [0, 0.05) is 43.4 Å². The van der Waals surface area contributed by atoms with Crippen molar-refractivity contribution in [3.05, 3.63) is 59.7 Å². The van der Waals surface area contributed by atoms with Gasteiger partial charge in [0.15, 0.2) is 0 Å². The Kier molecular flexibility index (Phi) is 5.24. The molecule has 0 saturated carbocycles. The van der Waals surface area contributed by atoms with Crippen molar-refractivity contribution in [2.45, 2.75) is 13.1 Å². The number of rotatable bonds is 5. The van der Waals surface area contributed by atoms with Crippen LogP contribution in [0.2, 0.25) is 0 Å². The van der Waals surface area contributed by atoms with E-state index in [4.69, 9.17) is 0 Å². The standard InChI is InChI=1S/C18H22N2OS/c21-18-6-2-3-15(12-18)13-19-17-5-1-4-16(11-17)14-20-7-9-22-10-8-20/h1-6,11-12,19,21H,7-10,13-14H2. The number of benzene rings is 2. The summed E-state index contributed by atoms with van der Waals surface area (Å²) in [5, 5.41) is 12.9. The minimum absolute atomic E-state index is 0.316. The molecule has 0 amide bonds. The molecule has 3 nitrogen and oxygen atoms in total. The molecule has 2 aromatic rings. The zero-order chi connectivity index (χ0) is 15.2. The lowest BCUT2D eigenvalue weighted by molar-refractivity contribution is 0.294. The summed E-state index contributed by atoms with van der Waals surface area (Å²) in [6.45, 7) is 4.12. The topological polar surface area (TPSA) is 35.5 Å². The number of phenols is 1. The van der Waals surface area contributed by atoms with Gasteiger partial charge in [-0.25, -0.2) is 0 Å². The van der Waals surface area contributed by atoms with Gasteiger partial charge in [0.05, 0.1) is 0 Å².